The number of hydrogen-bond donors (Lipinski definition) is 1. The van der Waals surface area contributed by atoms with Crippen molar-refractivity contribution in [3.05, 3.63) is 47.3 Å². The van der Waals surface area contributed by atoms with Gasteiger partial charge in [-0.05, 0) is 62.4 Å². The van der Waals surface area contributed by atoms with Crippen LogP contribution in [-0.4, -0.2) is 18.3 Å². The maximum absolute atomic E-state index is 10.6. The van der Waals surface area contributed by atoms with E-state index in [9.17, 15) is 5.11 Å². The van der Waals surface area contributed by atoms with Crippen LogP contribution in [0.1, 0.15) is 51.9 Å². The molecule has 1 N–H and O–H groups in total. The molecule has 2 nitrogen and oxygen atoms in total. The summed E-state index contributed by atoms with van der Waals surface area (Å²) in [5.41, 5.74) is 4.89. The zero-order valence-corrected chi connectivity index (χ0v) is 15.1. The van der Waals surface area contributed by atoms with E-state index in [1.807, 2.05) is 0 Å². The van der Waals surface area contributed by atoms with Crippen LogP contribution in [0.4, 0.5) is 0 Å². The molecule has 0 aliphatic heterocycles. The average molecular weight is 326 g/mol. The van der Waals surface area contributed by atoms with Crippen molar-refractivity contribution in [1.82, 2.24) is 0 Å². The summed E-state index contributed by atoms with van der Waals surface area (Å²) in [5, 5.41) is 10.6. The van der Waals surface area contributed by atoms with E-state index >= 15 is 0 Å². The molecule has 1 saturated carbocycles. The van der Waals surface area contributed by atoms with Crippen molar-refractivity contribution in [2.24, 2.45) is 23.2 Å². The lowest BCUT2D eigenvalue weighted by Crippen LogP contribution is -2.44. The van der Waals surface area contributed by atoms with Gasteiger partial charge in [-0.3, -0.25) is 0 Å². The Morgan fingerprint density at radius 2 is 2.25 bits per heavy atom. The first-order valence-corrected chi connectivity index (χ1v) is 9.51. The molecule has 0 aromatic carbocycles. The number of rotatable bonds is 3. The standard InChI is InChI=1S/C22H30O2/c1-4-5-14-12-15-13-16(24-3)6-7-17(15)18-10-11-22(2)19(21(14)18)8-9-20(22)23/h4,6,8,14,18,20-21,23H,1,5,7,9-13H2,2-3H3/t14-,18-,20+,21-,22+/m1/s1. The monoisotopic (exact) mass is 326 g/mol. The molecular formula is C22H30O2. The van der Waals surface area contributed by atoms with Crippen LogP contribution in [0, 0.1) is 23.2 Å². The van der Waals surface area contributed by atoms with Crippen LogP contribution in [0.3, 0.4) is 0 Å². The smallest absolute Gasteiger partial charge is 0.0959 e. The van der Waals surface area contributed by atoms with E-state index in [4.69, 9.17) is 4.74 Å². The third-order valence-corrected chi connectivity index (χ3v) is 7.31. The topological polar surface area (TPSA) is 29.5 Å². The molecule has 1 fully saturated rings. The minimum Gasteiger partial charge on any atom is -0.501 e. The van der Waals surface area contributed by atoms with Gasteiger partial charge in [-0.25, -0.2) is 0 Å². The van der Waals surface area contributed by atoms with Crippen molar-refractivity contribution in [2.45, 2.75) is 58.0 Å². The first kappa shape index (κ1) is 16.2. The second-order valence-corrected chi connectivity index (χ2v) is 8.37. The summed E-state index contributed by atoms with van der Waals surface area (Å²) in [5.74, 6) is 3.05. The third-order valence-electron chi connectivity index (χ3n) is 7.31. The number of ether oxygens (including phenoxy) is 1. The Bertz CT molecular complexity index is 638. The van der Waals surface area contributed by atoms with E-state index in [0.29, 0.717) is 17.8 Å². The Labute approximate surface area is 146 Å². The molecule has 0 bridgehead atoms. The lowest BCUT2D eigenvalue weighted by molar-refractivity contribution is 0.0329. The maximum Gasteiger partial charge on any atom is 0.0959 e. The Morgan fingerprint density at radius 1 is 1.42 bits per heavy atom. The molecule has 5 atom stereocenters. The van der Waals surface area contributed by atoms with Gasteiger partial charge in [0.05, 0.1) is 19.0 Å². The predicted molar refractivity (Wildman–Crippen MR) is 97.3 cm³/mol. The Balaban J connectivity index is 1.71. The number of methoxy groups -OCH3 is 1. The van der Waals surface area contributed by atoms with Crippen LogP contribution in [0.5, 0.6) is 0 Å². The normalized spacial score (nSPS) is 41.0. The van der Waals surface area contributed by atoms with Gasteiger partial charge >= 0.3 is 0 Å². The van der Waals surface area contributed by atoms with Gasteiger partial charge in [0.25, 0.3) is 0 Å². The van der Waals surface area contributed by atoms with E-state index in [0.717, 1.165) is 37.9 Å². The van der Waals surface area contributed by atoms with Gasteiger partial charge in [-0.1, -0.05) is 35.8 Å². The molecule has 0 heterocycles. The highest BCUT2D eigenvalue weighted by Crippen LogP contribution is 2.60. The second kappa shape index (κ2) is 5.91. The van der Waals surface area contributed by atoms with Gasteiger partial charge in [-0.2, -0.15) is 0 Å². The van der Waals surface area contributed by atoms with Crippen molar-refractivity contribution in [1.29, 1.82) is 0 Å². The van der Waals surface area contributed by atoms with Gasteiger partial charge < -0.3 is 9.84 Å². The van der Waals surface area contributed by atoms with Crippen molar-refractivity contribution in [2.75, 3.05) is 7.11 Å². The summed E-state index contributed by atoms with van der Waals surface area (Å²) in [6.07, 6.45) is 14.1. The zero-order valence-electron chi connectivity index (χ0n) is 15.1. The van der Waals surface area contributed by atoms with Gasteiger partial charge in [0, 0.05) is 11.8 Å². The number of hydrogen-bond acceptors (Lipinski definition) is 2. The highest BCUT2D eigenvalue weighted by atomic mass is 16.5. The third kappa shape index (κ3) is 2.26. The molecule has 0 radical (unpaired) electrons. The molecule has 0 unspecified atom stereocenters. The van der Waals surface area contributed by atoms with Gasteiger partial charge in [0.2, 0.25) is 0 Å². The molecule has 0 aromatic rings. The van der Waals surface area contributed by atoms with Crippen LogP contribution in [0.15, 0.2) is 47.3 Å². The summed E-state index contributed by atoms with van der Waals surface area (Å²) in [6, 6.07) is 0. The minimum atomic E-state index is -0.181. The maximum atomic E-state index is 10.6. The lowest BCUT2D eigenvalue weighted by atomic mass is 9.53. The van der Waals surface area contributed by atoms with Crippen molar-refractivity contribution in [3.63, 3.8) is 0 Å². The van der Waals surface area contributed by atoms with E-state index in [1.54, 1.807) is 23.8 Å². The Hall–Kier alpha value is -1.28. The molecule has 0 aromatic heterocycles. The molecule has 4 rings (SSSR count). The summed E-state index contributed by atoms with van der Waals surface area (Å²) >= 11 is 0. The molecule has 0 amide bonds. The molecule has 0 saturated heterocycles. The van der Waals surface area contributed by atoms with Crippen molar-refractivity contribution in [3.8, 4) is 0 Å². The molecule has 130 valence electrons. The molecule has 24 heavy (non-hydrogen) atoms. The van der Waals surface area contributed by atoms with Gasteiger partial charge in [0.1, 0.15) is 0 Å². The number of fused-ring (bicyclic) bond motifs is 4. The fourth-order valence-electron chi connectivity index (χ4n) is 6.00. The molecule has 0 spiro atoms. The fraction of sp³-hybridized carbons (Fsp3) is 0.636. The van der Waals surface area contributed by atoms with E-state index < -0.39 is 0 Å². The van der Waals surface area contributed by atoms with Crippen LogP contribution in [0.25, 0.3) is 0 Å². The molecule has 2 heteroatoms. The number of aliphatic hydroxyl groups excluding tert-OH is 1. The molecule has 4 aliphatic rings. The molecule has 4 aliphatic carbocycles. The first-order valence-electron chi connectivity index (χ1n) is 9.51. The van der Waals surface area contributed by atoms with E-state index in [1.165, 1.54) is 12.8 Å². The van der Waals surface area contributed by atoms with Crippen LogP contribution >= 0.6 is 0 Å². The number of aliphatic hydroxyl groups is 1. The van der Waals surface area contributed by atoms with E-state index in [-0.39, 0.29) is 11.5 Å². The van der Waals surface area contributed by atoms with E-state index in [2.05, 4.69) is 31.7 Å². The number of allylic oxidation sites excluding steroid dienone is 4. The minimum absolute atomic E-state index is 0.0147. The van der Waals surface area contributed by atoms with Crippen LogP contribution in [-0.2, 0) is 4.74 Å². The Morgan fingerprint density at radius 3 is 3.00 bits per heavy atom. The fourth-order valence-corrected chi connectivity index (χ4v) is 6.00. The van der Waals surface area contributed by atoms with Crippen molar-refractivity contribution < 1.29 is 9.84 Å². The SMILES string of the molecule is C=CC[C@@H]1CC2=C(CC=C(OC)C2)[C@H]2CC[C@@]3(C)C(=CC[C@@H]3O)[C@H]12. The lowest BCUT2D eigenvalue weighted by Gasteiger charge is -2.51. The van der Waals surface area contributed by atoms with Gasteiger partial charge in [0.15, 0.2) is 0 Å². The highest BCUT2D eigenvalue weighted by molar-refractivity contribution is 5.39. The quantitative estimate of drug-likeness (QED) is 0.745. The first-order chi connectivity index (χ1) is 11.6. The summed E-state index contributed by atoms with van der Waals surface area (Å²) in [7, 11) is 1.79. The molecular weight excluding hydrogens is 296 g/mol. The predicted octanol–water partition coefficient (Wildman–Crippen LogP) is 4.93. The zero-order chi connectivity index (χ0) is 16.9. The largest absolute Gasteiger partial charge is 0.501 e. The Kier molecular flexibility index (Phi) is 3.99. The van der Waals surface area contributed by atoms with Crippen LogP contribution < -0.4 is 0 Å². The van der Waals surface area contributed by atoms with Crippen molar-refractivity contribution >= 4 is 0 Å². The second-order valence-electron chi connectivity index (χ2n) is 8.37. The van der Waals surface area contributed by atoms with Gasteiger partial charge in [-0.15, -0.1) is 6.58 Å². The summed E-state index contributed by atoms with van der Waals surface area (Å²) < 4.78 is 5.53. The van der Waals surface area contributed by atoms with Crippen LogP contribution in [0.2, 0.25) is 0 Å². The summed E-state index contributed by atoms with van der Waals surface area (Å²) in [6.45, 7) is 6.32. The summed E-state index contributed by atoms with van der Waals surface area (Å²) in [4.78, 5) is 0. The average Bonchev–Trinajstić information content (AvgIpc) is 2.89. The highest BCUT2D eigenvalue weighted by Gasteiger charge is 2.52.